The van der Waals surface area contributed by atoms with E-state index in [1.54, 1.807) is 30.6 Å². The van der Waals surface area contributed by atoms with E-state index in [1.165, 1.54) is 5.56 Å². The molecule has 0 spiro atoms. The second-order valence-corrected chi connectivity index (χ2v) is 6.38. The lowest BCUT2D eigenvalue weighted by atomic mass is 10.1. The molecule has 0 atom stereocenters. The average molecular weight is 349 g/mol. The monoisotopic (exact) mass is 349 g/mol. The maximum atomic E-state index is 11.3. The SMILES string of the molecule is O=[N+]([O-])c1ccc(N2CCN(Cc3cccnc3)CC2)c2ncccc12. The standard InChI is InChI=1S/C19H19N5O2/c25-24(26)17-5-6-18(19-16(17)4-2-8-21-19)23-11-9-22(10-12-23)14-15-3-1-7-20-13-15/h1-8,13H,9-12,14H2. The number of anilines is 1. The molecule has 0 N–H and O–H groups in total. The number of aromatic nitrogens is 2. The van der Waals surface area contributed by atoms with E-state index in [1.807, 2.05) is 18.3 Å². The second-order valence-electron chi connectivity index (χ2n) is 6.38. The molecular formula is C19H19N5O2. The molecule has 4 rings (SSSR count). The first-order chi connectivity index (χ1) is 12.7. The lowest BCUT2D eigenvalue weighted by molar-refractivity contribution is -0.383. The Morgan fingerprint density at radius 2 is 1.85 bits per heavy atom. The van der Waals surface area contributed by atoms with Crippen molar-refractivity contribution in [1.82, 2.24) is 14.9 Å². The normalized spacial score (nSPS) is 15.3. The summed E-state index contributed by atoms with van der Waals surface area (Å²) in [6, 6.07) is 11.0. The van der Waals surface area contributed by atoms with E-state index >= 15 is 0 Å². The Morgan fingerprint density at radius 1 is 1.04 bits per heavy atom. The zero-order chi connectivity index (χ0) is 17.9. The predicted molar refractivity (Wildman–Crippen MR) is 100 cm³/mol. The first-order valence-corrected chi connectivity index (χ1v) is 8.61. The van der Waals surface area contributed by atoms with E-state index in [2.05, 4.69) is 25.8 Å². The van der Waals surface area contributed by atoms with Crippen LogP contribution in [0, 0.1) is 10.1 Å². The quantitative estimate of drug-likeness (QED) is 0.532. The van der Waals surface area contributed by atoms with E-state index < -0.39 is 0 Å². The van der Waals surface area contributed by atoms with Crippen molar-refractivity contribution in [3.63, 3.8) is 0 Å². The molecule has 1 aromatic carbocycles. The highest BCUT2D eigenvalue weighted by molar-refractivity contribution is 5.97. The molecule has 3 heterocycles. The average Bonchev–Trinajstić information content (AvgIpc) is 2.68. The summed E-state index contributed by atoms with van der Waals surface area (Å²) < 4.78 is 0. The highest BCUT2D eigenvalue weighted by atomic mass is 16.6. The minimum absolute atomic E-state index is 0.104. The lowest BCUT2D eigenvalue weighted by Crippen LogP contribution is -2.46. The molecule has 7 heteroatoms. The number of fused-ring (bicyclic) bond motifs is 1. The molecule has 0 amide bonds. The summed E-state index contributed by atoms with van der Waals surface area (Å²) in [4.78, 5) is 24.2. The number of rotatable bonds is 4. The van der Waals surface area contributed by atoms with Gasteiger partial charge in [-0.3, -0.25) is 25.0 Å². The van der Waals surface area contributed by atoms with Crippen LogP contribution in [0.4, 0.5) is 11.4 Å². The first-order valence-electron chi connectivity index (χ1n) is 8.61. The Balaban J connectivity index is 1.53. The molecule has 0 unspecified atom stereocenters. The van der Waals surface area contributed by atoms with Crippen molar-refractivity contribution in [1.29, 1.82) is 0 Å². The van der Waals surface area contributed by atoms with Crippen LogP contribution in [0.25, 0.3) is 10.9 Å². The minimum atomic E-state index is -0.348. The number of nitro benzene ring substituents is 1. The molecule has 0 saturated carbocycles. The van der Waals surface area contributed by atoms with Gasteiger partial charge in [-0.1, -0.05) is 6.07 Å². The van der Waals surface area contributed by atoms with Crippen LogP contribution < -0.4 is 4.90 Å². The zero-order valence-corrected chi connectivity index (χ0v) is 14.3. The summed E-state index contributed by atoms with van der Waals surface area (Å²) in [6.07, 6.45) is 5.38. The smallest absolute Gasteiger partial charge is 0.278 e. The second kappa shape index (κ2) is 7.05. The maximum absolute atomic E-state index is 11.3. The summed E-state index contributed by atoms with van der Waals surface area (Å²) in [5.41, 5.74) is 2.98. The van der Waals surface area contributed by atoms with Gasteiger partial charge in [-0.2, -0.15) is 0 Å². The summed E-state index contributed by atoms with van der Waals surface area (Å²) in [5.74, 6) is 0. The Kier molecular flexibility index (Phi) is 4.45. The number of piperazine rings is 1. The van der Waals surface area contributed by atoms with Crippen molar-refractivity contribution in [3.05, 3.63) is 70.7 Å². The Hall–Kier alpha value is -3.06. The molecule has 1 saturated heterocycles. The van der Waals surface area contributed by atoms with Crippen molar-refractivity contribution in [2.24, 2.45) is 0 Å². The van der Waals surface area contributed by atoms with Crippen molar-refractivity contribution < 1.29 is 4.92 Å². The van der Waals surface area contributed by atoms with Gasteiger partial charge in [-0.05, 0) is 29.8 Å². The van der Waals surface area contributed by atoms with Gasteiger partial charge >= 0.3 is 0 Å². The number of non-ortho nitro benzene ring substituents is 1. The van der Waals surface area contributed by atoms with E-state index in [4.69, 9.17) is 0 Å². The van der Waals surface area contributed by atoms with Crippen molar-refractivity contribution in [3.8, 4) is 0 Å². The first kappa shape index (κ1) is 16.4. The number of hydrogen-bond donors (Lipinski definition) is 0. The number of nitrogens with zero attached hydrogens (tertiary/aromatic N) is 5. The Labute approximate surface area is 151 Å². The lowest BCUT2D eigenvalue weighted by Gasteiger charge is -2.36. The van der Waals surface area contributed by atoms with Crippen molar-refractivity contribution >= 4 is 22.3 Å². The van der Waals surface area contributed by atoms with E-state index in [-0.39, 0.29) is 10.6 Å². The van der Waals surface area contributed by atoms with Gasteiger partial charge in [0.15, 0.2) is 0 Å². The zero-order valence-electron chi connectivity index (χ0n) is 14.3. The molecule has 0 radical (unpaired) electrons. The largest absolute Gasteiger partial charge is 0.367 e. The van der Waals surface area contributed by atoms with Crippen LogP contribution in [0.1, 0.15) is 5.56 Å². The Morgan fingerprint density at radius 3 is 2.58 bits per heavy atom. The molecule has 2 aromatic heterocycles. The van der Waals surface area contributed by atoms with Crippen molar-refractivity contribution in [2.45, 2.75) is 6.54 Å². The third kappa shape index (κ3) is 3.21. The van der Waals surface area contributed by atoms with Gasteiger partial charge in [0.25, 0.3) is 5.69 Å². The molecule has 1 fully saturated rings. The molecule has 1 aliphatic heterocycles. The van der Waals surface area contributed by atoms with Gasteiger partial charge in [-0.15, -0.1) is 0 Å². The highest BCUT2D eigenvalue weighted by Gasteiger charge is 2.22. The summed E-state index contributed by atoms with van der Waals surface area (Å²) in [7, 11) is 0. The molecule has 1 aliphatic rings. The number of pyridine rings is 2. The molecule has 132 valence electrons. The maximum Gasteiger partial charge on any atom is 0.278 e. The van der Waals surface area contributed by atoms with E-state index in [0.717, 1.165) is 38.4 Å². The van der Waals surface area contributed by atoms with E-state index in [9.17, 15) is 10.1 Å². The van der Waals surface area contributed by atoms with Crippen LogP contribution in [-0.2, 0) is 6.54 Å². The fourth-order valence-electron chi connectivity index (χ4n) is 3.45. The fraction of sp³-hybridized carbons (Fsp3) is 0.263. The van der Waals surface area contributed by atoms with Gasteiger partial charge in [0, 0.05) is 57.4 Å². The van der Waals surface area contributed by atoms with Crippen LogP contribution in [0.15, 0.2) is 55.0 Å². The fourth-order valence-corrected chi connectivity index (χ4v) is 3.45. The number of nitro groups is 1. The summed E-state index contributed by atoms with van der Waals surface area (Å²) >= 11 is 0. The van der Waals surface area contributed by atoms with Crippen LogP contribution in [-0.4, -0.2) is 46.0 Å². The molecule has 7 nitrogen and oxygen atoms in total. The van der Waals surface area contributed by atoms with Crippen molar-refractivity contribution in [2.75, 3.05) is 31.1 Å². The Bertz CT molecular complexity index is 924. The van der Waals surface area contributed by atoms with E-state index in [0.29, 0.717) is 10.9 Å². The van der Waals surface area contributed by atoms with Crippen LogP contribution in [0.5, 0.6) is 0 Å². The number of benzene rings is 1. The van der Waals surface area contributed by atoms with Crippen LogP contribution >= 0.6 is 0 Å². The van der Waals surface area contributed by atoms with Gasteiger partial charge in [0.1, 0.15) is 5.52 Å². The summed E-state index contributed by atoms with van der Waals surface area (Å²) in [5, 5.41) is 11.9. The third-order valence-electron chi connectivity index (χ3n) is 4.76. The van der Waals surface area contributed by atoms with Crippen LogP contribution in [0.3, 0.4) is 0 Å². The van der Waals surface area contributed by atoms with Gasteiger partial charge in [-0.25, -0.2) is 0 Å². The summed E-state index contributed by atoms with van der Waals surface area (Å²) in [6.45, 7) is 4.48. The molecule has 26 heavy (non-hydrogen) atoms. The van der Waals surface area contributed by atoms with Gasteiger partial charge < -0.3 is 4.90 Å². The highest BCUT2D eigenvalue weighted by Crippen LogP contribution is 2.32. The van der Waals surface area contributed by atoms with Gasteiger partial charge in [0.05, 0.1) is 16.0 Å². The minimum Gasteiger partial charge on any atom is -0.367 e. The van der Waals surface area contributed by atoms with Gasteiger partial charge in [0.2, 0.25) is 0 Å². The molecule has 0 bridgehead atoms. The third-order valence-corrected chi connectivity index (χ3v) is 4.76. The number of hydrogen-bond acceptors (Lipinski definition) is 6. The predicted octanol–water partition coefficient (Wildman–Crippen LogP) is 2.86. The topological polar surface area (TPSA) is 75.4 Å². The molecule has 0 aliphatic carbocycles. The molecular weight excluding hydrogens is 330 g/mol. The molecule has 3 aromatic rings. The van der Waals surface area contributed by atoms with Crippen LogP contribution in [0.2, 0.25) is 0 Å².